The molecule has 14 heteroatoms. The summed E-state index contributed by atoms with van der Waals surface area (Å²) in [6.45, 7) is 8.87. The van der Waals surface area contributed by atoms with Gasteiger partial charge in [-0.3, -0.25) is 9.29 Å². The van der Waals surface area contributed by atoms with Gasteiger partial charge >= 0.3 is 0 Å². The predicted octanol–water partition coefficient (Wildman–Crippen LogP) is 3.01. The summed E-state index contributed by atoms with van der Waals surface area (Å²) in [6.07, 6.45) is 5.18. The summed E-state index contributed by atoms with van der Waals surface area (Å²) in [5, 5.41) is 7.20. The molecular weight excluding hydrogens is 512 g/mol. The molecule has 202 valence electrons. The molecule has 0 fully saturated rings. The number of allylic oxidation sites excluding steroid dienone is 2. The van der Waals surface area contributed by atoms with Crippen molar-refractivity contribution in [3.05, 3.63) is 60.5 Å². The van der Waals surface area contributed by atoms with Crippen LogP contribution in [0.4, 0.5) is 5.95 Å². The third-order valence-corrected chi connectivity index (χ3v) is 7.07. The van der Waals surface area contributed by atoms with Crippen LogP contribution in [0.5, 0.6) is 5.88 Å². The van der Waals surface area contributed by atoms with Gasteiger partial charge in [-0.25, -0.2) is 28.4 Å². The molecule has 2 atom stereocenters. The Labute approximate surface area is 221 Å². The van der Waals surface area contributed by atoms with Gasteiger partial charge < -0.3 is 14.2 Å². The number of sulfonamides is 1. The minimum Gasteiger partial charge on any atom is -0.481 e. The van der Waals surface area contributed by atoms with Gasteiger partial charge in [0.05, 0.1) is 14.2 Å². The number of hydrogen-bond acceptors (Lipinski definition) is 11. The number of anilines is 1. The molecule has 3 aromatic heterocycles. The van der Waals surface area contributed by atoms with Crippen molar-refractivity contribution in [2.75, 3.05) is 26.1 Å². The Kier molecular flexibility index (Phi) is 9.25. The van der Waals surface area contributed by atoms with E-state index in [1.165, 1.54) is 45.1 Å². The van der Waals surface area contributed by atoms with Crippen LogP contribution >= 0.6 is 0 Å². The summed E-state index contributed by atoms with van der Waals surface area (Å²) in [5.74, 6) is 0.741. The lowest BCUT2D eigenvalue weighted by Crippen LogP contribution is -2.33. The summed E-state index contributed by atoms with van der Waals surface area (Å²) in [5.41, 5.74) is 1.45. The van der Waals surface area contributed by atoms with Crippen LogP contribution in [-0.2, 0) is 19.5 Å². The summed E-state index contributed by atoms with van der Waals surface area (Å²) >= 11 is 0. The summed E-state index contributed by atoms with van der Waals surface area (Å²) < 4.78 is 47.1. The van der Waals surface area contributed by atoms with Crippen LogP contribution in [0.2, 0.25) is 0 Å². The van der Waals surface area contributed by atoms with Crippen LogP contribution in [0.15, 0.2) is 54.1 Å². The molecule has 0 aliphatic carbocycles. The first-order chi connectivity index (χ1) is 18.2. The largest absolute Gasteiger partial charge is 0.481 e. The highest BCUT2D eigenvalue weighted by Gasteiger charge is 2.34. The highest BCUT2D eigenvalue weighted by molar-refractivity contribution is 7.93. The van der Waals surface area contributed by atoms with E-state index >= 15 is 0 Å². The number of aliphatic imine (C=N–C) groups is 1. The van der Waals surface area contributed by atoms with Crippen molar-refractivity contribution >= 4 is 27.9 Å². The van der Waals surface area contributed by atoms with Gasteiger partial charge in [0.15, 0.2) is 11.6 Å². The molecule has 0 radical (unpaired) electrons. The molecule has 3 heterocycles. The molecule has 13 nitrogen and oxygen atoms in total. The standard InChI is InChI=1S/C24H30N8O5S/c1-8-18(23(37-7)25-9-2)32-22(17-11-10-12-19(28-17)35-5)29-30-24(32)31-38(33,34)16(4)20(36-6)21-26-13-15(3)14-27-21/h8-14,16,20H,1H2,2-7H3,(H,30,31)/b23-18-,25-9?/t16-,20-/m0/s1. The van der Waals surface area contributed by atoms with Crippen LogP contribution in [0.3, 0.4) is 0 Å². The fraction of sp³-hybridized carbons (Fsp3) is 0.333. The normalized spacial score (nSPS) is 14.1. The second kappa shape index (κ2) is 12.4. The minimum atomic E-state index is -4.13. The molecule has 0 aliphatic rings. The Morgan fingerprint density at radius 1 is 1.18 bits per heavy atom. The van der Waals surface area contributed by atoms with Gasteiger partial charge in [-0.1, -0.05) is 12.6 Å². The molecule has 38 heavy (non-hydrogen) atoms. The molecule has 0 amide bonds. The number of rotatable bonds is 12. The summed E-state index contributed by atoms with van der Waals surface area (Å²) in [7, 11) is 0.166. The fourth-order valence-electron chi connectivity index (χ4n) is 3.45. The van der Waals surface area contributed by atoms with Crippen LogP contribution < -0.4 is 9.46 Å². The molecule has 0 saturated carbocycles. The number of aromatic nitrogens is 6. The van der Waals surface area contributed by atoms with Gasteiger partial charge in [-0.2, -0.15) is 0 Å². The van der Waals surface area contributed by atoms with Gasteiger partial charge in [-0.05, 0) is 38.5 Å². The maximum absolute atomic E-state index is 13.5. The zero-order valence-electron chi connectivity index (χ0n) is 22.0. The Hall–Kier alpha value is -4.17. The maximum atomic E-state index is 13.5. The van der Waals surface area contributed by atoms with Crippen LogP contribution in [-0.4, -0.2) is 70.9 Å². The number of ether oxygens (including phenoxy) is 3. The number of methoxy groups -OCH3 is 3. The van der Waals surface area contributed by atoms with Gasteiger partial charge in [-0.15, -0.1) is 10.2 Å². The SMILES string of the molecule is C=C/C(=C(\N=CC)OC)n1c(NS(=O)(=O)[C@@H](C)[C@H](OC)c2ncc(C)cn2)nnc1-c1cccc(OC)n1. The number of pyridine rings is 1. The average molecular weight is 543 g/mol. The first-order valence-corrected chi connectivity index (χ1v) is 12.9. The number of nitrogens with one attached hydrogen (secondary N) is 1. The molecule has 1 N–H and O–H groups in total. The van der Waals surface area contributed by atoms with Gasteiger partial charge in [0, 0.05) is 31.8 Å². The first kappa shape index (κ1) is 28.4. The molecule has 3 rings (SSSR count). The molecule has 0 aliphatic heterocycles. The molecular formula is C24H30N8O5S. The third kappa shape index (κ3) is 6.03. The Balaban J connectivity index is 2.15. The Morgan fingerprint density at radius 2 is 1.89 bits per heavy atom. The quantitative estimate of drug-likeness (QED) is 0.205. The second-order valence-electron chi connectivity index (χ2n) is 7.86. The molecule has 0 unspecified atom stereocenters. The van der Waals surface area contributed by atoms with E-state index in [2.05, 4.69) is 41.4 Å². The zero-order chi connectivity index (χ0) is 27.9. The summed E-state index contributed by atoms with van der Waals surface area (Å²) in [4.78, 5) is 17.1. The van der Waals surface area contributed by atoms with E-state index < -0.39 is 21.4 Å². The van der Waals surface area contributed by atoms with Crippen molar-refractivity contribution in [2.24, 2.45) is 4.99 Å². The predicted molar refractivity (Wildman–Crippen MR) is 143 cm³/mol. The maximum Gasteiger partial charge on any atom is 0.243 e. The highest BCUT2D eigenvalue weighted by atomic mass is 32.2. The Bertz CT molecular complexity index is 1430. The molecule has 0 aromatic carbocycles. The second-order valence-corrected chi connectivity index (χ2v) is 9.90. The van der Waals surface area contributed by atoms with Crippen molar-refractivity contribution in [3.63, 3.8) is 0 Å². The highest BCUT2D eigenvalue weighted by Crippen LogP contribution is 2.30. The number of aryl methyl sites for hydroxylation is 1. The van der Waals surface area contributed by atoms with E-state index in [0.29, 0.717) is 11.6 Å². The van der Waals surface area contributed by atoms with Gasteiger partial charge in [0.1, 0.15) is 22.7 Å². The lowest BCUT2D eigenvalue weighted by Gasteiger charge is -2.22. The van der Waals surface area contributed by atoms with Crippen molar-refractivity contribution < 1.29 is 22.6 Å². The Morgan fingerprint density at radius 3 is 2.47 bits per heavy atom. The lowest BCUT2D eigenvalue weighted by atomic mass is 10.2. The molecule has 0 bridgehead atoms. The zero-order valence-corrected chi connectivity index (χ0v) is 22.8. The number of nitrogens with zero attached hydrogens (tertiary/aromatic N) is 7. The van der Waals surface area contributed by atoms with E-state index in [-0.39, 0.29) is 29.2 Å². The van der Waals surface area contributed by atoms with E-state index in [0.717, 1.165) is 5.56 Å². The van der Waals surface area contributed by atoms with Crippen LogP contribution in [0.1, 0.15) is 31.3 Å². The third-order valence-electron chi connectivity index (χ3n) is 5.38. The lowest BCUT2D eigenvalue weighted by molar-refractivity contribution is 0.0949. The van der Waals surface area contributed by atoms with Crippen molar-refractivity contribution in [2.45, 2.75) is 32.1 Å². The van der Waals surface area contributed by atoms with Crippen molar-refractivity contribution in [3.8, 4) is 17.4 Å². The van der Waals surface area contributed by atoms with Crippen molar-refractivity contribution in [1.29, 1.82) is 0 Å². The van der Waals surface area contributed by atoms with Crippen LogP contribution in [0, 0.1) is 6.92 Å². The van der Waals surface area contributed by atoms with Gasteiger partial charge in [0.25, 0.3) is 0 Å². The summed E-state index contributed by atoms with van der Waals surface area (Å²) in [6, 6.07) is 5.06. The fourth-order valence-corrected chi connectivity index (χ4v) is 4.58. The van der Waals surface area contributed by atoms with E-state index in [1.807, 2.05) is 6.92 Å². The first-order valence-electron chi connectivity index (χ1n) is 11.4. The topological polar surface area (TPSA) is 156 Å². The number of hydrogen-bond donors (Lipinski definition) is 1. The average Bonchev–Trinajstić information content (AvgIpc) is 3.32. The smallest absolute Gasteiger partial charge is 0.243 e. The monoisotopic (exact) mass is 542 g/mol. The van der Waals surface area contributed by atoms with E-state index in [4.69, 9.17) is 14.2 Å². The van der Waals surface area contributed by atoms with Crippen molar-refractivity contribution in [1.82, 2.24) is 29.7 Å². The van der Waals surface area contributed by atoms with Crippen LogP contribution in [0.25, 0.3) is 17.2 Å². The molecule has 3 aromatic rings. The van der Waals surface area contributed by atoms with E-state index in [1.54, 1.807) is 37.5 Å². The molecule has 0 spiro atoms. The van der Waals surface area contributed by atoms with Gasteiger partial charge in [0.2, 0.25) is 27.7 Å². The van der Waals surface area contributed by atoms with E-state index in [9.17, 15) is 8.42 Å². The minimum absolute atomic E-state index is 0.141. The molecule has 0 saturated heterocycles.